The topological polar surface area (TPSA) is 78.4 Å². The third kappa shape index (κ3) is 4.35. The Morgan fingerprint density at radius 3 is 2.32 bits per heavy atom. The van der Waals surface area contributed by atoms with E-state index in [9.17, 15) is 0 Å². The lowest BCUT2D eigenvalue weighted by molar-refractivity contribution is 0.344. The summed E-state index contributed by atoms with van der Waals surface area (Å²) in [6.45, 7) is 0.550. The molecule has 0 saturated carbocycles. The van der Waals surface area contributed by atoms with E-state index in [0.29, 0.717) is 24.2 Å². The summed E-state index contributed by atoms with van der Waals surface area (Å²) in [5.41, 5.74) is 1.88. The summed E-state index contributed by atoms with van der Waals surface area (Å²) in [5.74, 6) is 1.12. The molecule has 0 aliphatic carbocycles. The molecule has 7 heteroatoms. The minimum atomic E-state index is 0.107. The molecule has 0 fully saturated rings. The van der Waals surface area contributed by atoms with E-state index in [1.807, 2.05) is 42.5 Å². The van der Waals surface area contributed by atoms with Gasteiger partial charge in [0.1, 0.15) is 0 Å². The van der Waals surface area contributed by atoms with Crippen molar-refractivity contribution in [2.24, 2.45) is 0 Å². The molecule has 0 aliphatic rings. The van der Waals surface area contributed by atoms with Gasteiger partial charge in [-0.1, -0.05) is 24.3 Å². The Morgan fingerprint density at radius 1 is 0.920 bits per heavy atom. The van der Waals surface area contributed by atoms with Gasteiger partial charge in [0.25, 0.3) is 0 Å². The number of nitrogens with one attached hydrogen (secondary N) is 1. The van der Waals surface area contributed by atoms with Crippen LogP contribution in [-0.2, 0) is 6.54 Å². The molecule has 1 aromatic carbocycles. The van der Waals surface area contributed by atoms with Gasteiger partial charge in [-0.3, -0.25) is 0 Å². The van der Waals surface area contributed by atoms with Gasteiger partial charge >= 0.3 is 6.01 Å². The quantitative estimate of drug-likeness (QED) is 0.708. The molecule has 2 heterocycles. The first kappa shape index (κ1) is 16.5. The van der Waals surface area contributed by atoms with Crippen LogP contribution in [0.15, 0.2) is 54.7 Å². The first-order valence-corrected chi connectivity index (χ1v) is 7.66. The smallest absolute Gasteiger partial charge is 0.330 e. The second-order valence-corrected chi connectivity index (χ2v) is 5.02. The Morgan fingerprint density at radius 2 is 1.64 bits per heavy atom. The molecule has 0 radical (unpaired) electrons. The molecule has 0 amide bonds. The van der Waals surface area contributed by atoms with Gasteiger partial charge in [0, 0.05) is 24.0 Å². The van der Waals surface area contributed by atoms with Gasteiger partial charge < -0.3 is 19.5 Å². The highest BCUT2D eigenvalue weighted by Crippen LogP contribution is 2.25. The zero-order valence-electron chi connectivity index (χ0n) is 14.0. The van der Waals surface area contributed by atoms with Gasteiger partial charge in [-0.15, -0.1) is 0 Å². The lowest BCUT2D eigenvalue weighted by atomic mass is 10.2. The van der Waals surface area contributed by atoms with Crippen molar-refractivity contribution < 1.29 is 14.2 Å². The highest BCUT2D eigenvalue weighted by atomic mass is 16.5. The zero-order valence-corrected chi connectivity index (χ0v) is 14.0. The average molecular weight is 338 g/mol. The standard InChI is InChI=1S/C18H18N4O3/c1-23-15-11-16(24-2)22-18(21-15)25-17-13(7-6-10-19-17)12-20-14-8-4-3-5-9-14/h3-11,20H,12H2,1-2H3. The average Bonchev–Trinajstić information content (AvgIpc) is 2.67. The van der Waals surface area contributed by atoms with Crippen LogP contribution in [0.3, 0.4) is 0 Å². The second kappa shape index (κ2) is 7.96. The SMILES string of the molecule is COc1cc(OC)nc(Oc2ncccc2CNc2ccccc2)n1. The molecular formula is C18H18N4O3. The van der Waals surface area contributed by atoms with E-state index in [0.717, 1.165) is 11.3 Å². The summed E-state index contributed by atoms with van der Waals surface area (Å²) in [5, 5.41) is 3.32. The normalized spacial score (nSPS) is 10.2. The van der Waals surface area contributed by atoms with Crippen molar-refractivity contribution in [3.05, 3.63) is 60.3 Å². The van der Waals surface area contributed by atoms with E-state index >= 15 is 0 Å². The maximum absolute atomic E-state index is 5.75. The van der Waals surface area contributed by atoms with Gasteiger partial charge in [-0.25, -0.2) is 4.98 Å². The molecule has 7 nitrogen and oxygen atoms in total. The van der Waals surface area contributed by atoms with E-state index in [2.05, 4.69) is 20.3 Å². The molecule has 0 bridgehead atoms. The molecule has 128 valence electrons. The number of nitrogens with zero attached hydrogens (tertiary/aromatic N) is 3. The summed E-state index contributed by atoms with van der Waals surface area (Å²) in [4.78, 5) is 12.6. The predicted molar refractivity (Wildman–Crippen MR) is 93.2 cm³/mol. The summed E-state index contributed by atoms with van der Waals surface area (Å²) < 4.78 is 16.0. The number of methoxy groups -OCH3 is 2. The van der Waals surface area contributed by atoms with E-state index in [4.69, 9.17) is 14.2 Å². The van der Waals surface area contributed by atoms with E-state index in [-0.39, 0.29) is 6.01 Å². The summed E-state index contributed by atoms with van der Waals surface area (Å²) in [6, 6.07) is 15.4. The van der Waals surface area contributed by atoms with Crippen molar-refractivity contribution in [1.29, 1.82) is 0 Å². The van der Waals surface area contributed by atoms with Gasteiger partial charge in [-0.05, 0) is 18.2 Å². The summed E-state index contributed by atoms with van der Waals surface area (Å²) in [6.07, 6.45) is 1.65. The van der Waals surface area contributed by atoms with Crippen molar-refractivity contribution in [2.45, 2.75) is 6.54 Å². The number of benzene rings is 1. The van der Waals surface area contributed by atoms with Crippen LogP contribution in [0.25, 0.3) is 0 Å². The molecule has 25 heavy (non-hydrogen) atoms. The maximum Gasteiger partial charge on any atom is 0.330 e. The Labute approximate surface area is 145 Å². The zero-order chi connectivity index (χ0) is 17.5. The van der Waals surface area contributed by atoms with E-state index in [1.54, 1.807) is 12.3 Å². The van der Waals surface area contributed by atoms with Gasteiger partial charge in [-0.2, -0.15) is 9.97 Å². The molecule has 3 rings (SSSR count). The fourth-order valence-electron chi connectivity index (χ4n) is 2.13. The van der Waals surface area contributed by atoms with Crippen LogP contribution in [0.5, 0.6) is 23.7 Å². The number of hydrogen-bond acceptors (Lipinski definition) is 7. The lowest BCUT2D eigenvalue weighted by Crippen LogP contribution is -2.04. The summed E-state index contributed by atoms with van der Waals surface area (Å²) >= 11 is 0. The van der Waals surface area contributed by atoms with Crippen LogP contribution in [-0.4, -0.2) is 29.2 Å². The molecule has 0 aliphatic heterocycles. The number of aromatic nitrogens is 3. The first-order chi connectivity index (χ1) is 12.3. The number of hydrogen-bond donors (Lipinski definition) is 1. The molecule has 0 saturated heterocycles. The summed E-state index contributed by atoms with van der Waals surface area (Å²) in [7, 11) is 3.03. The highest BCUT2D eigenvalue weighted by molar-refractivity contribution is 5.44. The number of ether oxygens (including phenoxy) is 3. The van der Waals surface area contributed by atoms with E-state index in [1.165, 1.54) is 14.2 Å². The van der Waals surface area contributed by atoms with Crippen molar-refractivity contribution in [3.63, 3.8) is 0 Å². The Balaban J connectivity index is 1.79. The molecule has 1 N–H and O–H groups in total. The van der Waals surface area contributed by atoms with Gasteiger partial charge in [0.05, 0.1) is 20.3 Å². The molecule has 0 spiro atoms. The Hall–Kier alpha value is -3.35. The second-order valence-electron chi connectivity index (χ2n) is 5.02. The maximum atomic E-state index is 5.75. The van der Waals surface area contributed by atoms with Gasteiger partial charge in [0.2, 0.25) is 17.6 Å². The molecular weight excluding hydrogens is 320 g/mol. The fourth-order valence-corrected chi connectivity index (χ4v) is 2.13. The minimum absolute atomic E-state index is 0.107. The monoisotopic (exact) mass is 338 g/mol. The third-order valence-corrected chi connectivity index (χ3v) is 3.37. The molecule has 0 unspecified atom stereocenters. The molecule has 0 atom stereocenters. The third-order valence-electron chi connectivity index (χ3n) is 3.37. The van der Waals surface area contributed by atoms with Crippen LogP contribution >= 0.6 is 0 Å². The van der Waals surface area contributed by atoms with Crippen molar-refractivity contribution >= 4 is 5.69 Å². The minimum Gasteiger partial charge on any atom is -0.481 e. The highest BCUT2D eigenvalue weighted by Gasteiger charge is 2.11. The molecule has 3 aromatic rings. The number of pyridine rings is 1. The fraction of sp³-hybridized carbons (Fsp3) is 0.167. The number of rotatable bonds is 7. The largest absolute Gasteiger partial charge is 0.481 e. The lowest BCUT2D eigenvalue weighted by Gasteiger charge is -2.11. The van der Waals surface area contributed by atoms with Crippen LogP contribution in [0.2, 0.25) is 0 Å². The predicted octanol–water partition coefficient (Wildman–Crippen LogP) is 3.29. The number of anilines is 1. The van der Waals surface area contributed by atoms with E-state index < -0.39 is 0 Å². The Kier molecular flexibility index (Phi) is 5.26. The van der Waals surface area contributed by atoms with Crippen molar-refractivity contribution in [3.8, 4) is 23.7 Å². The first-order valence-electron chi connectivity index (χ1n) is 7.66. The van der Waals surface area contributed by atoms with Crippen LogP contribution in [0, 0.1) is 0 Å². The van der Waals surface area contributed by atoms with Crippen molar-refractivity contribution in [1.82, 2.24) is 15.0 Å². The van der Waals surface area contributed by atoms with Crippen LogP contribution < -0.4 is 19.5 Å². The van der Waals surface area contributed by atoms with Crippen LogP contribution in [0.1, 0.15) is 5.56 Å². The Bertz CT molecular complexity index is 805. The van der Waals surface area contributed by atoms with Crippen LogP contribution in [0.4, 0.5) is 5.69 Å². The van der Waals surface area contributed by atoms with Crippen molar-refractivity contribution in [2.75, 3.05) is 19.5 Å². The number of para-hydroxylation sites is 1. The molecule has 2 aromatic heterocycles. The van der Waals surface area contributed by atoms with Gasteiger partial charge in [0.15, 0.2) is 0 Å².